The Kier molecular flexibility index (Phi) is 2.66. The highest BCUT2D eigenvalue weighted by atomic mass is 35.5. The van der Waals surface area contributed by atoms with Gasteiger partial charge in [-0.15, -0.1) is 0 Å². The molecule has 0 spiro atoms. The maximum atomic E-state index is 6.01. The predicted octanol–water partition coefficient (Wildman–Crippen LogP) is 2.24. The summed E-state index contributed by atoms with van der Waals surface area (Å²) in [4.78, 5) is 0. The molecule has 2 atom stereocenters. The topological polar surface area (TPSA) is 35.2 Å². The zero-order chi connectivity index (χ0) is 10.1. The van der Waals surface area contributed by atoms with E-state index in [-0.39, 0.29) is 6.04 Å². The van der Waals surface area contributed by atoms with Crippen LogP contribution >= 0.6 is 11.6 Å². The molecule has 2 nitrogen and oxygen atoms in total. The predicted molar refractivity (Wildman–Crippen MR) is 57.8 cm³/mol. The summed E-state index contributed by atoms with van der Waals surface area (Å²) < 4.78 is 5.62. The van der Waals surface area contributed by atoms with Gasteiger partial charge in [-0.2, -0.15) is 0 Å². The maximum absolute atomic E-state index is 6.01. The van der Waals surface area contributed by atoms with E-state index < -0.39 is 0 Å². The molecule has 0 saturated heterocycles. The third-order valence-corrected chi connectivity index (χ3v) is 3.01. The van der Waals surface area contributed by atoms with Crippen LogP contribution in [0.25, 0.3) is 0 Å². The van der Waals surface area contributed by atoms with Crippen molar-refractivity contribution >= 4 is 11.6 Å². The van der Waals surface area contributed by atoms with E-state index >= 15 is 0 Å². The number of nitrogens with two attached hydrogens (primary N) is 1. The molecule has 0 saturated carbocycles. The van der Waals surface area contributed by atoms with Gasteiger partial charge >= 0.3 is 0 Å². The summed E-state index contributed by atoms with van der Waals surface area (Å²) in [5.41, 5.74) is 7.02. The van der Waals surface area contributed by atoms with Gasteiger partial charge in [-0.05, 0) is 25.0 Å². The summed E-state index contributed by atoms with van der Waals surface area (Å²) in [7, 11) is 0. The fraction of sp³-hybridized carbons (Fsp3) is 0.455. The Hall–Kier alpha value is -0.730. The fourth-order valence-electron chi connectivity index (χ4n) is 1.75. The maximum Gasteiger partial charge on any atom is 0.141 e. The van der Waals surface area contributed by atoms with Crippen LogP contribution in [0.1, 0.15) is 12.5 Å². The third-order valence-electron chi connectivity index (χ3n) is 2.72. The molecule has 0 aromatic heterocycles. The molecule has 1 aliphatic heterocycles. The van der Waals surface area contributed by atoms with E-state index in [4.69, 9.17) is 22.1 Å². The zero-order valence-corrected chi connectivity index (χ0v) is 8.92. The molecule has 2 rings (SSSR count). The van der Waals surface area contributed by atoms with Crippen LogP contribution < -0.4 is 10.5 Å². The van der Waals surface area contributed by atoms with Crippen LogP contribution in [-0.2, 0) is 6.42 Å². The lowest BCUT2D eigenvalue weighted by Gasteiger charge is -2.28. The van der Waals surface area contributed by atoms with Crippen molar-refractivity contribution in [1.82, 2.24) is 0 Å². The highest BCUT2D eigenvalue weighted by molar-refractivity contribution is 6.32. The minimum absolute atomic E-state index is 0.169. The first kappa shape index (κ1) is 9.81. The zero-order valence-electron chi connectivity index (χ0n) is 8.16. The summed E-state index contributed by atoms with van der Waals surface area (Å²) >= 11 is 6.01. The van der Waals surface area contributed by atoms with Gasteiger partial charge < -0.3 is 10.5 Å². The van der Waals surface area contributed by atoms with Gasteiger partial charge in [-0.3, -0.25) is 0 Å². The standard InChI is InChI=1S/C11H14ClNO/c1-7(13)9-5-8-3-2-4-10(12)11(8)14-6-9/h2-4,7,9H,5-6,13H2,1H3/t7-,9?/m0/s1. The van der Waals surface area contributed by atoms with E-state index in [1.165, 1.54) is 5.56 Å². The molecule has 0 amide bonds. The Morgan fingerprint density at radius 3 is 3.07 bits per heavy atom. The van der Waals surface area contributed by atoms with Crippen molar-refractivity contribution in [2.24, 2.45) is 11.7 Å². The van der Waals surface area contributed by atoms with Crippen molar-refractivity contribution in [2.45, 2.75) is 19.4 Å². The molecule has 3 heteroatoms. The van der Waals surface area contributed by atoms with E-state index in [2.05, 4.69) is 6.07 Å². The molecule has 76 valence electrons. The van der Waals surface area contributed by atoms with Gasteiger partial charge in [0.25, 0.3) is 0 Å². The second-order valence-corrected chi connectivity index (χ2v) is 4.27. The summed E-state index contributed by atoms with van der Waals surface area (Å²) in [5, 5.41) is 0.700. The Morgan fingerprint density at radius 1 is 1.57 bits per heavy atom. The third kappa shape index (κ3) is 1.72. The molecule has 1 heterocycles. The molecule has 1 aromatic carbocycles. The van der Waals surface area contributed by atoms with Crippen molar-refractivity contribution in [3.05, 3.63) is 28.8 Å². The lowest BCUT2D eigenvalue weighted by molar-refractivity contribution is 0.204. The molecule has 0 radical (unpaired) electrons. The fourth-order valence-corrected chi connectivity index (χ4v) is 1.99. The Morgan fingerprint density at radius 2 is 2.36 bits per heavy atom. The van der Waals surface area contributed by atoms with Crippen LogP contribution in [0.15, 0.2) is 18.2 Å². The lowest BCUT2D eigenvalue weighted by atomic mass is 9.92. The smallest absolute Gasteiger partial charge is 0.141 e. The van der Waals surface area contributed by atoms with Gasteiger partial charge in [-0.25, -0.2) is 0 Å². The van der Waals surface area contributed by atoms with Gasteiger partial charge in [-0.1, -0.05) is 23.7 Å². The molecule has 1 aliphatic rings. The molecule has 2 N–H and O–H groups in total. The normalized spacial score (nSPS) is 22.4. The monoisotopic (exact) mass is 211 g/mol. The number of rotatable bonds is 1. The highest BCUT2D eigenvalue weighted by Gasteiger charge is 2.23. The van der Waals surface area contributed by atoms with Crippen molar-refractivity contribution in [3.63, 3.8) is 0 Å². The van der Waals surface area contributed by atoms with Gasteiger partial charge in [0.05, 0.1) is 11.6 Å². The first-order valence-corrected chi connectivity index (χ1v) is 5.22. The van der Waals surface area contributed by atoms with Gasteiger partial charge in [0.2, 0.25) is 0 Å². The molecule has 0 fully saturated rings. The number of halogens is 1. The van der Waals surface area contributed by atoms with Crippen molar-refractivity contribution < 1.29 is 4.74 Å². The van der Waals surface area contributed by atoms with Gasteiger partial charge in [0, 0.05) is 12.0 Å². The minimum atomic E-state index is 0.169. The number of hydrogen-bond donors (Lipinski definition) is 1. The Bertz CT molecular complexity index is 338. The Balaban J connectivity index is 2.27. The second-order valence-electron chi connectivity index (χ2n) is 3.86. The molecule has 0 bridgehead atoms. The number of fused-ring (bicyclic) bond motifs is 1. The first-order valence-electron chi connectivity index (χ1n) is 4.84. The minimum Gasteiger partial charge on any atom is -0.491 e. The van der Waals surface area contributed by atoms with E-state index in [0.717, 1.165) is 12.2 Å². The van der Waals surface area contributed by atoms with E-state index in [1.54, 1.807) is 0 Å². The molecule has 14 heavy (non-hydrogen) atoms. The quantitative estimate of drug-likeness (QED) is 0.773. The van der Waals surface area contributed by atoms with Crippen LogP contribution in [0, 0.1) is 5.92 Å². The van der Waals surface area contributed by atoms with E-state index in [1.807, 2.05) is 19.1 Å². The van der Waals surface area contributed by atoms with Crippen LogP contribution in [-0.4, -0.2) is 12.6 Å². The summed E-state index contributed by atoms with van der Waals surface area (Å²) in [6, 6.07) is 6.03. The van der Waals surface area contributed by atoms with Crippen molar-refractivity contribution in [1.29, 1.82) is 0 Å². The van der Waals surface area contributed by atoms with Crippen LogP contribution in [0.2, 0.25) is 5.02 Å². The number of ether oxygens (including phenoxy) is 1. The molecule has 0 aliphatic carbocycles. The summed E-state index contributed by atoms with van der Waals surface area (Å²) in [5.74, 6) is 1.24. The highest BCUT2D eigenvalue weighted by Crippen LogP contribution is 2.34. The Labute approximate surface area is 89.0 Å². The summed E-state index contributed by atoms with van der Waals surface area (Å²) in [6.07, 6.45) is 0.966. The number of hydrogen-bond acceptors (Lipinski definition) is 2. The average molecular weight is 212 g/mol. The number of para-hydroxylation sites is 1. The van der Waals surface area contributed by atoms with Crippen LogP contribution in [0.4, 0.5) is 0 Å². The van der Waals surface area contributed by atoms with Crippen molar-refractivity contribution in [2.75, 3.05) is 6.61 Å². The number of benzene rings is 1. The lowest BCUT2D eigenvalue weighted by Crippen LogP contribution is -2.35. The van der Waals surface area contributed by atoms with Gasteiger partial charge in [0.15, 0.2) is 0 Å². The largest absolute Gasteiger partial charge is 0.491 e. The first-order chi connectivity index (χ1) is 6.68. The molecule has 1 unspecified atom stereocenters. The average Bonchev–Trinajstić information content (AvgIpc) is 2.17. The van der Waals surface area contributed by atoms with E-state index in [0.29, 0.717) is 17.5 Å². The van der Waals surface area contributed by atoms with E-state index in [9.17, 15) is 0 Å². The van der Waals surface area contributed by atoms with Crippen LogP contribution in [0.5, 0.6) is 5.75 Å². The SMILES string of the molecule is C[C@H](N)C1COc2c(Cl)cccc2C1. The molecule has 1 aromatic rings. The summed E-state index contributed by atoms with van der Waals surface area (Å²) in [6.45, 7) is 2.69. The second kappa shape index (κ2) is 3.79. The molecular weight excluding hydrogens is 198 g/mol. The molecular formula is C11H14ClNO. The van der Waals surface area contributed by atoms with Gasteiger partial charge in [0.1, 0.15) is 5.75 Å². The van der Waals surface area contributed by atoms with Crippen LogP contribution in [0.3, 0.4) is 0 Å². The van der Waals surface area contributed by atoms with Crippen molar-refractivity contribution in [3.8, 4) is 5.75 Å².